The predicted molar refractivity (Wildman–Crippen MR) is 119 cm³/mol. The van der Waals surface area contributed by atoms with Crippen molar-refractivity contribution in [3.8, 4) is 0 Å². The first-order valence-electron chi connectivity index (χ1n) is 9.83. The Kier molecular flexibility index (Phi) is 5.22. The second kappa shape index (κ2) is 7.79. The second-order valence-electron chi connectivity index (χ2n) is 7.95. The minimum atomic E-state index is -0.961. The van der Waals surface area contributed by atoms with E-state index in [-0.39, 0.29) is 24.9 Å². The molecule has 2 aliphatic rings. The van der Waals surface area contributed by atoms with Gasteiger partial charge in [0.05, 0.1) is 33.4 Å². The average molecular weight is 480 g/mol. The number of amides is 2. The molecule has 2 aromatic heterocycles. The molecule has 31 heavy (non-hydrogen) atoms. The first-order chi connectivity index (χ1) is 14.8. The summed E-state index contributed by atoms with van der Waals surface area (Å²) in [6.45, 7) is 0.150. The van der Waals surface area contributed by atoms with Gasteiger partial charge in [0, 0.05) is 19.1 Å². The average Bonchev–Trinajstić information content (AvgIpc) is 3.46. The highest BCUT2D eigenvalue weighted by Crippen LogP contribution is 2.39. The number of rotatable bonds is 3. The minimum absolute atomic E-state index is 0.0749. The molecule has 4 atom stereocenters. The summed E-state index contributed by atoms with van der Waals surface area (Å²) in [5, 5.41) is 23.1. The summed E-state index contributed by atoms with van der Waals surface area (Å²) in [7, 11) is 0. The van der Waals surface area contributed by atoms with Crippen LogP contribution in [0.2, 0.25) is 9.36 Å². The van der Waals surface area contributed by atoms with Gasteiger partial charge in [0.15, 0.2) is 0 Å². The predicted octanol–water partition coefficient (Wildman–Crippen LogP) is 2.54. The quantitative estimate of drug-likeness (QED) is 0.463. The standard InChI is InChI=1S/C21H19Cl2N3O4S/c22-17-18-15(31-19(17)23)6-12(24-18)20(29)25-11-5-9-3-1-2-4-10(9)16(11)21(30)26-7-13(27)14(28)8-26/h1-4,6,11,13-14,16,24,27-28H,5,7-8H2,(H,25,29)/t11-,13-,14+,16-/m1/s1. The fourth-order valence-electron chi connectivity index (χ4n) is 4.47. The van der Waals surface area contributed by atoms with Gasteiger partial charge >= 0.3 is 0 Å². The number of aromatic nitrogens is 1. The number of benzene rings is 1. The highest BCUT2D eigenvalue weighted by Gasteiger charge is 2.43. The van der Waals surface area contributed by atoms with Gasteiger partial charge in [-0.25, -0.2) is 0 Å². The lowest BCUT2D eigenvalue weighted by Gasteiger charge is -2.26. The maximum absolute atomic E-state index is 13.3. The highest BCUT2D eigenvalue weighted by atomic mass is 35.5. The fraction of sp³-hybridized carbons (Fsp3) is 0.333. The van der Waals surface area contributed by atoms with Crippen molar-refractivity contribution in [2.75, 3.05) is 13.1 Å². The first kappa shape index (κ1) is 20.8. The van der Waals surface area contributed by atoms with Crippen LogP contribution in [0.1, 0.15) is 27.5 Å². The van der Waals surface area contributed by atoms with E-state index in [4.69, 9.17) is 23.2 Å². The molecule has 162 valence electrons. The number of aliphatic hydroxyl groups excluding tert-OH is 2. The molecule has 1 aromatic carbocycles. The van der Waals surface area contributed by atoms with Crippen molar-refractivity contribution in [3.05, 3.63) is 56.5 Å². The summed E-state index contributed by atoms with van der Waals surface area (Å²) in [5.41, 5.74) is 2.81. The van der Waals surface area contributed by atoms with Crippen molar-refractivity contribution < 1.29 is 19.8 Å². The highest BCUT2D eigenvalue weighted by molar-refractivity contribution is 7.23. The van der Waals surface area contributed by atoms with Crippen LogP contribution in [0.25, 0.3) is 10.2 Å². The third kappa shape index (κ3) is 3.52. The molecular formula is C21H19Cl2N3O4S. The van der Waals surface area contributed by atoms with Crippen LogP contribution >= 0.6 is 34.5 Å². The summed E-state index contributed by atoms with van der Waals surface area (Å²) in [4.78, 5) is 30.8. The van der Waals surface area contributed by atoms with E-state index in [9.17, 15) is 19.8 Å². The van der Waals surface area contributed by atoms with Crippen molar-refractivity contribution in [2.45, 2.75) is 30.6 Å². The lowest BCUT2D eigenvalue weighted by atomic mass is 9.96. The smallest absolute Gasteiger partial charge is 0.268 e. The number of thiophene rings is 1. The van der Waals surface area contributed by atoms with Gasteiger partial charge in [-0.15, -0.1) is 11.3 Å². The molecule has 7 nitrogen and oxygen atoms in total. The van der Waals surface area contributed by atoms with Crippen LogP contribution in [0.15, 0.2) is 30.3 Å². The van der Waals surface area contributed by atoms with Crippen LogP contribution < -0.4 is 5.32 Å². The Morgan fingerprint density at radius 2 is 1.87 bits per heavy atom. The number of hydrogen-bond acceptors (Lipinski definition) is 5. The lowest BCUT2D eigenvalue weighted by Crippen LogP contribution is -2.45. The molecule has 3 heterocycles. The van der Waals surface area contributed by atoms with Gasteiger partial charge in [-0.3, -0.25) is 9.59 Å². The van der Waals surface area contributed by atoms with Crippen molar-refractivity contribution in [2.24, 2.45) is 0 Å². The molecule has 1 saturated heterocycles. The van der Waals surface area contributed by atoms with Gasteiger partial charge in [-0.2, -0.15) is 0 Å². The van der Waals surface area contributed by atoms with Gasteiger partial charge < -0.3 is 25.4 Å². The summed E-state index contributed by atoms with van der Waals surface area (Å²) >= 11 is 13.5. The molecule has 1 aliphatic carbocycles. The summed E-state index contributed by atoms with van der Waals surface area (Å²) in [6.07, 6.45) is -1.41. The van der Waals surface area contributed by atoms with Gasteiger partial charge in [0.1, 0.15) is 10.0 Å². The molecule has 0 radical (unpaired) electrons. The Hall–Kier alpha value is -2.10. The molecule has 2 amide bonds. The van der Waals surface area contributed by atoms with E-state index in [0.717, 1.165) is 15.8 Å². The molecule has 0 spiro atoms. The maximum atomic E-state index is 13.3. The Balaban J connectivity index is 1.41. The normalized spacial score (nSPS) is 25.2. The van der Waals surface area contributed by atoms with Crippen LogP contribution in [0.4, 0.5) is 0 Å². The van der Waals surface area contributed by atoms with Crippen molar-refractivity contribution in [1.82, 2.24) is 15.2 Å². The number of nitrogens with one attached hydrogen (secondary N) is 2. The molecule has 3 aromatic rings. The van der Waals surface area contributed by atoms with Gasteiger partial charge in [0.25, 0.3) is 5.91 Å². The number of carbonyl (C=O) groups excluding carboxylic acids is 2. The van der Waals surface area contributed by atoms with Gasteiger partial charge in [-0.1, -0.05) is 47.5 Å². The van der Waals surface area contributed by atoms with Crippen molar-refractivity contribution in [1.29, 1.82) is 0 Å². The van der Waals surface area contributed by atoms with E-state index in [0.29, 0.717) is 27.0 Å². The van der Waals surface area contributed by atoms with E-state index >= 15 is 0 Å². The molecular weight excluding hydrogens is 461 g/mol. The van der Waals surface area contributed by atoms with Gasteiger partial charge in [0.2, 0.25) is 5.91 Å². The Labute approximate surface area is 191 Å². The number of aromatic amines is 1. The summed E-state index contributed by atoms with van der Waals surface area (Å²) < 4.78 is 1.24. The van der Waals surface area contributed by atoms with E-state index < -0.39 is 24.2 Å². The largest absolute Gasteiger partial charge is 0.388 e. The van der Waals surface area contributed by atoms with Crippen molar-refractivity contribution >= 4 is 56.6 Å². The monoisotopic (exact) mass is 479 g/mol. The Morgan fingerprint density at radius 1 is 1.16 bits per heavy atom. The number of halogens is 2. The zero-order valence-electron chi connectivity index (χ0n) is 16.1. The zero-order chi connectivity index (χ0) is 21.9. The number of hydrogen-bond donors (Lipinski definition) is 4. The van der Waals surface area contributed by atoms with Crippen LogP contribution in [0, 0.1) is 0 Å². The zero-order valence-corrected chi connectivity index (χ0v) is 18.5. The number of aliphatic hydroxyl groups is 2. The summed E-state index contributed by atoms with van der Waals surface area (Å²) in [5.74, 6) is -1.15. The number of β-amino-alcohol motifs (C(OH)–C–C–N with tert-alkyl or cyclic N) is 2. The first-order valence-corrected chi connectivity index (χ1v) is 11.4. The fourth-order valence-corrected chi connectivity index (χ4v) is 5.95. The molecule has 1 aliphatic heterocycles. The number of H-pyrrole nitrogens is 1. The topological polar surface area (TPSA) is 106 Å². The van der Waals surface area contributed by atoms with Crippen LogP contribution in [-0.2, 0) is 11.2 Å². The van der Waals surface area contributed by atoms with E-state index in [1.54, 1.807) is 6.07 Å². The molecule has 0 saturated carbocycles. The number of nitrogens with zero attached hydrogens (tertiary/aromatic N) is 1. The molecule has 0 bridgehead atoms. The number of carbonyl (C=O) groups is 2. The maximum Gasteiger partial charge on any atom is 0.268 e. The second-order valence-corrected chi connectivity index (χ2v) is 9.98. The Bertz CT molecular complexity index is 1180. The summed E-state index contributed by atoms with van der Waals surface area (Å²) in [6, 6.07) is 8.84. The van der Waals surface area contributed by atoms with Gasteiger partial charge in [-0.05, 0) is 23.6 Å². The van der Waals surface area contributed by atoms with Crippen molar-refractivity contribution in [3.63, 3.8) is 0 Å². The lowest BCUT2D eigenvalue weighted by molar-refractivity contribution is -0.132. The van der Waals surface area contributed by atoms with E-state index in [1.165, 1.54) is 16.2 Å². The molecule has 1 fully saturated rings. The van der Waals surface area contributed by atoms with Crippen LogP contribution in [0.3, 0.4) is 0 Å². The van der Waals surface area contributed by atoms with Crippen LogP contribution in [-0.4, -0.2) is 63.3 Å². The number of likely N-dealkylation sites (tertiary alicyclic amines) is 1. The van der Waals surface area contributed by atoms with E-state index in [1.807, 2.05) is 24.3 Å². The minimum Gasteiger partial charge on any atom is -0.388 e. The SMILES string of the molecule is O=C(N[C@@H]1Cc2ccccc2[C@H]1C(=O)N1C[C@@H](O)[C@@H](O)C1)c1cc2sc(Cl)c(Cl)c2[nH]1. The number of fused-ring (bicyclic) bond motifs is 2. The van der Waals surface area contributed by atoms with Crippen LogP contribution in [0.5, 0.6) is 0 Å². The third-order valence-electron chi connectivity index (χ3n) is 6.00. The molecule has 10 heteroatoms. The Morgan fingerprint density at radius 3 is 2.58 bits per heavy atom. The molecule has 4 N–H and O–H groups in total. The third-order valence-corrected chi connectivity index (χ3v) is 7.94. The molecule has 5 rings (SSSR count). The molecule has 0 unspecified atom stereocenters. The van der Waals surface area contributed by atoms with E-state index in [2.05, 4.69) is 10.3 Å².